The molecule has 0 aromatic heterocycles. The van der Waals surface area contributed by atoms with Crippen LogP contribution in [-0.2, 0) is 9.53 Å². The number of ether oxygens (including phenoxy) is 1. The van der Waals surface area contributed by atoms with Crippen molar-refractivity contribution in [1.29, 1.82) is 0 Å². The summed E-state index contributed by atoms with van der Waals surface area (Å²) in [7, 11) is 1.71. The van der Waals surface area contributed by atoms with Gasteiger partial charge in [-0.3, -0.25) is 10.1 Å². The Kier molecular flexibility index (Phi) is 7.39. The van der Waals surface area contributed by atoms with Crippen molar-refractivity contribution in [2.45, 2.75) is 65.1 Å². The fourth-order valence-corrected chi connectivity index (χ4v) is 2.65. The lowest BCUT2D eigenvalue weighted by molar-refractivity contribution is -0.130. The second-order valence-electron chi connectivity index (χ2n) is 5.88. The number of carbonyl (C=O) groups is 1. The number of hydrogen-bond acceptors (Lipinski definition) is 3. The standard InChI is InChI=1S/C15H30N2O2/c1-5-6-8-13-15(18)17(9-7-10-19-4)14(16-13)11-12(2)3/h12-14,16H,5-11H2,1-4H3. The van der Waals surface area contributed by atoms with Crippen molar-refractivity contribution >= 4 is 5.91 Å². The maximum Gasteiger partial charge on any atom is 0.241 e. The molecule has 0 radical (unpaired) electrons. The van der Waals surface area contributed by atoms with E-state index in [1.54, 1.807) is 7.11 Å². The van der Waals surface area contributed by atoms with Crippen LogP contribution in [-0.4, -0.2) is 43.3 Å². The summed E-state index contributed by atoms with van der Waals surface area (Å²) in [5.74, 6) is 0.885. The molecule has 2 atom stereocenters. The zero-order valence-electron chi connectivity index (χ0n) is 12.9. The van der Waals surface area contributed by atoms with Gasteiger partial charge in [0, 0.05) is 20.3 Å². The molecule has 0 aromatic carbocycles. The molecule has 1 rings (SSSR count). The topological polar surface area (TPSA) is 41.6 Å². The average Bonchev–Trinajstić information content (AvgIpc) is 2.64. The number of rotatable bonds is 9. The SMILES string of the molecule is CCCCC1NC(CC(C)C)N(CCCOC)C1=O. The number of hydrogen-bond donors (Lipinski definition) is 1. The third-order valence-corrected chi connectivity index (χ3v) is 3.64. The third-order valence-electron chi connectivity index (χ3n) is 3.64. The van der Waals surface area contributed by atoms with Crippen molar-refractivity contribution in [3.05, 3.63) is 0 Å². The van der Waals surface area contributed by atoms with Crippen LogP contribution in [0.15, 0.2) is 0 Å². The van der Waals surface area contributed by atoms with Crippen molar-refractivity contribution in [3.63, 3.8) is 0 Å². The molecule has 0 aromatic rings. The molecule has 1 heterocycles. The number of methoxy groups -OCH3 is 1. The fraction of sp³-hybridized carbons (Fsp3) is 0.933. The lowest BCUT2D eigenvalue weighted by atomic mass is 10.1. The average molecular weight is 270 g/mol. The summed E-state index contributed by atoms with van der Waals surface area (Å²) in [4.78, 5) is 14.4. The largest absolute Gasteiger partial charge is 0.385 e. The lowest BCUT2D eigenvalue weighted by Gasteiger charge is -2.25. The van der Waals surface area contributed by atoms with Crippen LogP contribution in [0.2, 0.25) is 0 Å². The second-order valence-corrected chi connectivity index (χ2v) is 5.88. The Hall–Kier alpha value is -0.610. The van der Waals surface area contributed by atoms with Crippen LogP contribution >= 0.6 is 0 Å². The van der Waals surface area contributed by atoms with Crippen LogP contribution in [0, 0.1) is 5.92 Å². The van der Waals surface area contributed by atoms with E-state index in [0.717, 1.165) is 45.3 Å². The van der Waals surface area contributed by atoms with Crippen LogP contribution in [0.1, 0.15) is 52.9 Å². The first-order chi connectivity index (χ1) is 9.10. The Morgan fingerprint density at radius 1 is 1.37 bits per heavy atom. The van der Waals surface area contributed by atoms with Crippen LogP contribution in [0.5, 0.6) is 0 Å². The summed E-state index contributed by atoms with van der Waals surface area (Å²) < 4.78 is 5.09. The van der Waals surface area contributed by atoms with Crippen molar-refractivity contribution in [2.75, 3.05) is 20.3 Å². The van der Waals surface area contributed by atoms with Crippen LogP contribution in [0.4, 0.5) is 0 Å². The van der Waals surface area contributed by atoms with E-state index < -0.39 is 0 Å². The first kappa shape index (κ1) is 16.4. The molecular formula is C15H30N2O2. The van der Waals surface area contributed by atoms with Crippen LogP contribution in [0.25, 0.3) is 0 Å². The highest BCUT2D eigenvalue weighted by molar-refractivity contribution is 5.84. The maximum absolute atomic E-state index is 12.4. The van der Waals surface area contributed by atoms with Gasteiger partial charge in [-0.05, 0) is 25.2 Å². The number of nitrogens with one attached hydrogen (secondary N) is 1. The van der Waals surface area contributed by atoms with Gasteiger partial charge in [0.25, 0.3) is 0 Å². The zero-order valence-corrected chi connectivity index (χ0v) is 12.9. The minimum absolute atomic E-state index is 0.0336. The van der Waals surface area contributed by atoms with Gasteiger partial charge in [0.15, 0.2) is 0 Å². The summed E-state index contributed by atoms with van der Waals surface area (Å²) in [6.07, 6.45) is 5.38. The van der Waals surface area contributed by atoms with E-state index in [-0.39, 0.29) is 18.1 Å². The van der Waals surface area contributed by atoms with Gasteiger partial charge in [-0.25, -0.2) is 0 Å². The Morgan fingerprint density at radius 3 is 2.68 bits per heavy atom. The van der Waals surface area contributed by atoms with E-state index in [0.29, 0.717) is 5.92 Å². The Labute approximate surface area is 117 Å². The van der Waals surface area contributed by atoms with Gasteiger partial charge in [-0.15, -0.1) is 0 Å². The third kappa shape index (κ3) is 5.11. The number of amides is 1. The van der Waals surface area contributed by atoms with Crippen molar-refractivity contribution in [2.24, 2.45) is 5.92 Å². The van der Waals surface area contributed by atoms with E-state index in [2.05, 4.69) is 26.1 Å². The van der Waals surface area contributed by atoms with Gasteiger partial charge >= 0.3 is 0 Å². The predicted molar refractivity (Wildman–Crippen MR) is 77.9 cm³/mol. The predicted octanol–water partition coefficient (Wildman–Crippen LogP) is 2.39. The summed E-state index contributed by atoms with van der Waals surface area (Å²) in [6, 6.07) is 0.0336. The zero-order chi connectivity index (χ0) is 14.3. The number of nitrogens with zero attached hydrogens (tertiary/aromatic N) is 1. The molecule has 1 N–H and O–H groups in total. The highest BCUT2D eigenvalue weighted by Crippen LogP contribution is 2.20. The molecule has 0 saturated carbocycles. The van der Waals surface area contributed by atoms with Crippen molar-refractivity contribution < 1.29 is 9.53 Å². The molecule has 1 fully saturated rings. The van der Waals surface area contributed by atoms with Gasteiger partial charge in [-0.1, -0.05) is 33.6 Å². The first-order valence-electron chi connectivity index (χ1n) is 7.65. The summed E-state index contributed by atoms with van der Waals surface area (Å²) in [5, 5.41) is 3.52. The normalized spacial score (nSPS) is 23.6. The highest BCUT2D eigenvalue weighted by Gasteiger charge is 2.37. The molecule has 1 saturated heterocycles. The maximum atomic E-state index is 12.4. The van der Waals surface area contributed by atoms with Gasteiger partial charge < -0.3 is 9.64 Å². The van der Waals surface area contributed by atoms with E-state index in [1.807, 2.05) is 4.90 Å². The van der Waals surface area contributed by atoms with Crippen LogP contribution in [0.3, 0.4) is 0 Å². The van der Waals surface area contributed by atoms with E-state index in [1.165, 1.54) is 0 Å². The molecular weight excluding hydrogens is 240 g/mol. The Morgan fingerprint density at radius 2 is 2.11 bits per heavy atom. The molecule has 4 nitrogen and oxygen atoms in total. The quantitative estimate of drug-likeness (QED) is 0.654. The van der Waals surface area contributed by atoms with E-state index in [4.69, 9.17) is 4.74 Å². The minimum Gasteiger partial charge on any atom is -0.385 e. The number of carbonyl (C=O) groups excluding carboxylic acids is 1. The molecule has 1 aliphatic rings. The fourth-order valence-electron chi connectivity index (χ4n) is 2.65. The van der Waals surface area contributed by atoms with E-state index in [9.17, 15) is 4.79 Å². The molecule has 0 spiro atoms. The summed E-state index contributed by atoms with van der Waals surface area (Å²) in [5.41, 5.74) is 0. The van der Waals surface area contributed by atoms with E-state index >= 15 is 0 Å². The second kappa shape index (κ2) is 8.54. The molecule has 0 aliphatic carbocycles. The molecule has 1 aliphatic heterocycles. The molecule has 2 unspecified atom stereocenters. The summed E-state index contributed by atoms with van der Waals surface area (Å²) in [6.45, 7) is 8.11. The Balaban J connectivity index is 2.56. The lowest BCUT2D eigenvalue weighted by Crippen LogP contribution is -2.39. The van der Waals surface area contributed by atoms with Crippen LogP contribution < -0.4 is 5.32 Å². The number of unbranched alkanes of at least 4 members (excludes halogenated alkanes) is 1. The molecule has 1 amide bonds. The van der Waals surface area contributed by atoms with Gasteiger partial charge in [-0.2, -0.15) is 0 Å². The molecule has 19 heavy (non-hydrogen) atoms. The molecule has 112 valence electrons. The van der Waals surface area contributed by atoms with Gasteiger partial charge in [0.05, 0.1) is 12.2 Å². The Bertz CT molecular complexity index is 269. The van der Waals surface area contributed by atoms with Crippen molar-refractivity contribution in [3.8, 4) is 0 Å². The van der Waals surface area contributed by atoms with Crippen molar-refractivity contribution in [1.82, 2.24) is 10.2 Å². The monoisotopic (exact) mass is 270 g/mol. The first-order valence-corrected chi connectivity index (χ1v) is 7.65. The molecule has 0 bridgehead atoms. The highest BCUT2D eigenvalue weighted by atomic mass is 16.5. The van der Waals surface area contributed by atoms with Gasteiger partial charge in [0.1, 0.15) is 0 Å². The van der Waals surface area contributed by atoms with Gasteiger partial charge in [0.2, 0.25) is 5.91 Å². The minimum atomic E-state index is 0.0336. The summed E-state index contributed by atoms with van der Waals surface area (Å²) >= 11 is 0. The molecule has 4 heteroatoms. The smallest absolute Gasteiger partial charge is 0.241 e.